The molecule has 1 aliphatic rings. The molecule has 11 heteroatoms. The minimum atomic E-state index is -0.474. The fraction of sp³-hybridized carbons (Fsp3) is 0.182. The molecular formula is C22H20N4O5S2. The number of nitrogens with one attached hydrogen (secondary N) is 2. The Morgan fingerprint density at radius 3 is 2.58 bits per heavy atom. The Morgan fingerprint density at radius 2 is 1.91 bits per heavy atom. The number of hydrazine groups is 1. The van der Waals surface area contributed by atoms with Gasteiger partial charge in [-0.15, -0.1) is 0 Å². The molecule has 1 fully saturated rings. The molecule has 3 amide bonds. The lowest BCUT2D eigenvalue weighted by Crippen LogP contribution is -2.42. The number of carbonyl (C=O) groups excluding carboxylic acids is 4. The number of amides is 3. The van der Waals surface area contributed by atoms with Crippen molar-refractivity contribution in [2.24, 2.45) is 0 Å². The van der Waals surface area contributed by atoms with Crippen molar-refractivity contribution in [2.75, 3.05) is 13.7 Å². The van der Waals surface area contributed by atoms with E-state index in [4.69, 9.17) is 12.2 Å². The van der Waals surface area contributed by atoms with Gasteiger partial charge in [0.25, 0.3) is 11.8 Å². The third kappa shape index (κ3) is 6.46. The standard InChI is InChI=1S/C22H20N4O5S2/c1-31-21(30)15-8-6-14(7-9-15)12-17-20(29)26(22(32)33-17)11-3-5-18(27)24-25-19(28)16-4-2-10-23-13-16/h2,4,6-10,12-13H,3,5,11H2,1H3,(H,24,27)(H,25,28). The third-order valence-electron chi connectivity index (χ3n) is 4.53. The molecule has 0 saturated carbocycles. The van der Waals surface area contributed by atoms with Gasteiger partial charge in [-0.1, -0.05) is 36.1 Å². The fourth-order valence-corrected chi connectivity index (χ4v) is 4.14. The molecule has 0 aliphatic carbocycles. The Morgan fingerprint density at radius 1 is 1.15 bits per heavy atom. The van der Waals surface area contributed by atoms with E-state index in [0.717, 1.165) is 5.56 Å². The van der Waals surface area contributed by atoms with Gasteiger partial charge >= 0.3 is 5.97 Å². The van der Waals surface area contributed by atoms with Gasteiger partial charge in [0.15, 0.2) is 0 Å². The number of benzene rings is 1. The minimum absolute atomic E-state index is 0.0957. The maximum atomic E-state index is 12.7. The number of aromatic nitrogens is 1. The van der Waals surface area contributed by atoms with E-state index in [0.29, 0.717) is 26.8 Å². The number of rotatable bonds is 7. The second-order valence-corrected chi connectivity index (χ2v) is 8.47. The highest BCUT2D eigenvalue weighted by molar-refractivity contribution is 8.26. The number of nitrogens with zero attached hydrogens (tertiary/aromatic N) is 2. The van der Waals surface area contributed by atoms with Gasteiger partial charge in [-0.05, 0) is 42.3 Å². The number of pyridine rings is 1. The van der Waals surface area contributed by atoms with Gasteiger partial charge in [-0.2, -0.15) is 0 Å². The van der Waals surface area contributed by atoms with Crippen molar-refractivity contribution in [1.82, 2.24) is 20.7 Å². The van der Waals surface area contributed by atoms with Gasteiger partial charge in [-0.3, -0.25) is 35.1 Å². The van der Waals surface area contributed by atoms with Crippen LogP contribution in [0.1, 0.15) is 39.1 Å². The monoisotopic (exact) mass is 484 g/mol. The highest BCUT2D eigenvalue weighted by Gasteiger charge is 2.31. The number of ether oxygens (including phenoxy) is 1. The topological polar surface area (TPSA) is 118 Å². The summed E-state index contributed by atoms with van der Waals surface area (Å²) in [6, 6.07) is 9.84. The molecular weight excluding hydrogens is 464 g/mol. The second-order valence-electron chi connectivity index (χ2n) is 6.79. The zero-order valence-corrected chi connectivity index (χ0v) is 19.2. The second kappa shape index (κ2) is 11.3. The van der Waals surface area contributed by atoms with Gasteiger partial charge in [0.1, 0.15) is 4.32 Å². The number of hydrogen-bond donors (Lipinski definition) is 2. The summed E-state index contributed by atoms with van der Waals surface area (Å²) < 4.78 is 5.07. The van der Waals surface area contributed by atoms with E-state index in [1.165, 1.54) is 30.0 Å². The van der Waals surface area contributed by atoms with Crippen LogP contribution in [0.3, 0.4) is 0 Å². The number of hydrogen-bond acceptors (Lipinski definition) is 8. The van der Waals surface area contributed by atoms with Crippen LogP contribution in [0.5, 0.6) is 0 Å². The maximum absolute atomic E-state index is 12.7. The molecule has 3 rings (SSSR count). The molecule has 2 N–H and O–H groups in total. The summed E-state index contributed by atoms with van der Waals surface area (Å²) in [7, 11) is 1.31. The number of methoxy groups -OCH3 is 1. The normalized spacial score (nSPS) is 14.3. The number of carbonyl (C=O) groups is 4. The van der Waals surface area contributed by atoms with Crippen LogP contribution in [0.4, 0.5) is 0 Å². The predicted molar refractivity (Wildman–Crippen MR) is 127 cm³/mol. The van der Waals surface area contributed by atoms with Crippen LogP contribution in [0.25, 0.3) is 6.08 Å². The van der Waals surface area contributed by atoms with Crippen molar-refractivity contribution >= 4 is 58.1 Å². The SMILES string of the molecule is COC(=O)c1ccc(C=C2SC(=S)N(CCCC(=O)NNC(=O)c3cccnc3)C2=O)cc1. The summed E-state index contributed by atoms with van der Waals surface area (Å²) in [4.78, 5) is 53.9. The molecule has 0 unspecified atom stereocenters. The first-order valence-corrected chi connectivity index (χ1v) is 11.0. The molecule has 2 heterocycles. The van der Waals surface area contributed by atoms with Crippen LogP contribution in [0.2, 0.25) is 0 Å². The van der Waals surface area contributed by atoms with E-state index < -0.39 is 11.9 Å². The molecule has 1 aromatic carbocycles. The first-order chi connectivity index (χ1) is 15.9. The molecule has 2 aromatic rings. The molecule has 0 radical (unpaired) electrons. The summed E-state index contributed by atoms with van der Waals surface area (Å²) in [5.41, 5.74) is 6.13. The van der Waals surface area contributed by atoms with Crippen LogP contribution in [-0.4, -0.2) is 51.5 Å². The molecule has 1 aliphatic heterocycles. The van der Waals surface area contributed by atoms with Gasteiger partial charge in [-0.25, -0.2) is 4.79 Å². The Balaban J connectivity index is 1.47. The highest BCUT2D eigenvalue weighted by Crippen LogP contribution is 2.32. The summed E-state index contributed by atoms with van der Waals surface area (Å²) in [6.45, 7) is 0.271. The Kier molecular flexibility index (Phi) is 8.28. The fourth-order valence-electron chi connectivity index (χ4n) is 2.83. The zero-order valence-electron chi connectivity index (χ0n) is 17.6. The summed E-state index contributed by atoms with van der Waals surface area (Å²) in [5, 5.41) is 0. The van der Waals surface area contributed by atoms with Gasteiger partial charge in [0.2, 0.25) is 5.91 Å². The molecule has 0 spiro atoms. The molecule has 170 valence electrons. The Bertz CT molecular complexity index is 1100. The first kappa shape index (κ1) is 24.1. The lowest BCUT2D eigenvalue weighted by Gasteiger charge is -2.14. The number of thioether (sulfide) groups is 1. The number of esters is 1. The molecule has 33 heavy (non-hydrogen) atoms. The van der Waals surface area contributed by atoms with Crippen molar-refractivity contribution in [1.29, 1.82) is 0 Å². The van der Waals surface area contributed by atoms with Crippen molar-refractivity contribution < 1.29 is 23.9 Å². The summed E-state index contributed by atoms with van der Waals surface area (Å²) in [5.74, 6) is -1.54. The highest BCUT2D eigenvalue weighted by atomic mass is 32.2. The van der Waals surface area contributed by atoms with Crippen LogP contribution in [0.15, 0.2) is 53.7 Å². The predicted octanol–water partition coefficient (Wildman–Crippen LogP) is 2.31. The average molecular weight is 485 g/mol. The van der Waals surface area contributed by atoms with Crippen LogP contribution < -0.4 is 10.9 Å². The van der Waals surface area contributed by atoms with E-state index in [1.807, 2.05) is 0 Å². The van der Waals surface area contributed by atoms with Crippen LogP contribution in [0, 0.1) is 0 Å². The van der Waals surface area contributed by atoms with Crippen molar-refractivity contribution in [3.8, 4) is 0 Å². The molecule has 1 saturated heterocycles. The first-order valence-electron chi connectivity index (χ1n) is 9.82. The lowest BCUT2D eigenvalue weighted by molar-refractivity contribution is -0.124. The van der Waals surface area contributed by atoms with Crippen molar-refractivity contribution in [3.63, 3.8) is 0 Å². The molecule has 9 nitrogen and oxygen atoms in total. The minimum Gasteiger partial charge on any atom is -0.465 e. The quantitative estimate of drug-likeness (QED) is 0.266. The Labute approximate surface area is 199 Å². The van der Waals surface area contributed by atoms with E-state index in [2.05, 4.69) is 20.6 Å². The van der Waals surface area contributed by atoms with E-state index >= 15 is 0 Å². The Hall–Kier alpha value is -3.57. The maximum Gasteiger partial charge on any atom is 0.337 e. The van der Waals surface area contributed by atoms with Gasteiger partial charge in [0, 0.05) is 25.4 Å². The van der Waals surface area contributed by atoms with E-state index in [1.54, 1.807) is 48.7 Å². The molecule has 1 aromatic heterocycles. The van der Waals surface area contributed by atoms with Crippen molar-refractivity contribution in [2.45, 2.75) is 12.8 Å². The third-order valence-corrected chi connectivity index (χ3v) is 5.91. The van der Waals surface area contributed by atoms with E-state index in [9.17, 15) is 19.2 Å². The zero-order chi connectivity index (χ0) is 23.8. The van der Waals surface area contributed by atoms with Gasteiger partial charge in [0.05, 0.1) is 23.1 Å². The van der Waals surface area contributed by atoms with Crippen molar-refractivity contribution in [3.05, 3.63) is 70.4 Å². The summed E-state index contributed by atoms with van der Waals surface area (Å²) >= 11 is 6.48. The van der Waals surface area contributed by atoms with Crippen LogP contribution in [-0.2, 0) is 14.3 Å². The largest absolute Gasteiger partial charge is 0.465 e. The summed E-state index contributed by atoms with van der Waals surface area (Å²) in [6.07, 6.45) is 5.08. The smallest absolute Gasteiger partial charge is 0.337 e. The average Bonchev–Trinajstić information content (AvgIpc) is 3.10. The van der Waals surface area contributed by atoms with Gasteiger partial charge < -0.3 is 4.74 Å². The lowest BCUT2D eigenvalue weighted by atomic mass is 10.1. The molecule has 0 bridgehead atoms. The molecule has 0 atom stereocenters. The van der Waals surface area contributed by atoms with Crippen LogP contribution >= 0.6 is 24.0 Å². The number of thiocarbonyl (C=S) groups is 1. The van der Waals surface area contributed by atoms with E-state index in [-0.39, 0.29) is 24.8 Å².